The molecule has 0 aromatic carbocycles. The third-order valence-corrected chi connectivity index (χ3v) is 3.71. The van der Waals surface area contributed by atoms with Gasteiger partial charge in [-0.1, -0.05) is 20.4 Å². The van der Waals surface area contributed by atoms with Crippen molar-refractivity contribution >= 4 is 17.7 Å². The van der Waals surface area contributed by atoms with Crippen molar-refractivity contribution in [2.24, 2.45) is 5.92 Å². The van der Waals surface area contributed by atoms with Crippen molar-refractivity contribution in [2.45, 2.75) is 52.1 Å². The summed E-state index contributed by atoms with van der Waals surface area (Å²) >= 11 is 0. The van der Waals surface area contributed by atoms with Gasteiger partial charge in [-0.25, -0.2) is 9.59 Å². The van der Waals surface area contributed by atoms with Gasteiger partial charge in [0.2, 0.25) is 0 Å². The van der Waals surface area contributed by atoms with Gasteiger partial charge >= 0.3 is 11.9 Å². The lowest BCUT2D eigenvalue weighted by Gasteiger charge is -2.32. The summed E-state index contributed by atoms with van der Waals surface area (Å²) in [5, 5.41) is 0. The molecule has 0 amide bonds. The third kappa shape index (κ3) is 3.92. The van der Waals surface area contributed by atoms with E-state index in [1.807, 2.05) is 13.8 Å². The Morgan fingerprint density at radius 3 is 2.15 bits per heavy atom. The van der Waals surface area contributed by atoms with Gasteiger partial charge in [0.25, 0.3) is 5.78 Å². The van der Waals surface area contributed by atoms with Crippen LogP contribution < -0.4 is 0 Å². The van der Waals surface area contributed by atoms with E-state index in [2.05, 4.69) is 11.3 Å². The quantitative estimate of drug-likeness (QED) is 0.424. The molecule has 0 saturated heterocycles. The minimum absolute atomic E-state index is 0.153. The Bertz CT molecular complexity index is 416. The van der Waals surface area contributed by atoms with Gasteiger partial charge in [0, 0.05) is 5.57 Å². The number of Topliss-reactive ketones (excluding diaryl/α,β-unsaturated/α-hetero) is 1. The summed E-state index contributed by atoms with van der Waals surface area (Å²) in [4.78, 5) is 34.6. The predicted molar refractivity (Wildman–Crippen MR) is 72.9 cm³/mol. The molecule has 0 unspecified atom stereocenters. The highest BCUT2D eigenvalue weighted by Gasteiger charge is 2.41. The molecule has 0 radical (unpaired) electrons. The Kier molecular flexibility index (Phi) is 5.48. The fourth-order valence-electron chi connectivity index (χ4n) is 2.33. The summed E-state index contributed by atoms with van der Waals surface area (Å²) < 4.78 is 10.1. The molecule has 0 N–H and O–H groups in total. The van der Waals surface area contributed by atoms with Crippen molar-refractivity contribution in [1.29, 1.82) is 0 Å². The Morgan fingerprint density at radius 1 is 1.15 bits per heavy atom. The molecule has 0 bridgehead atoms. The number of carbonyl (C=O) groups excluding carboxylic acids is 3. The van der Waals surface area contributed by atoms with Crippen molar-refractivity contribution in [1.82, 2.24) is 0 Å². The molecular formula is C15H22O5. The van der Waals surface area contributed by atoms with Gasteiger partial charge in [-0.2, -0.15) is 0 Å². The molecule has 5 nitrogen and oxygen atoms in total. The molecule has 5 heteroatoms. The van der Waals surface area contributed by atoms with Gasteiger partial charge in [0.15, 0.2) is 6.61 Å². The van der Waals surface area contributed by atoms with E-state index in [4.69, 9.17) is 4.74 Å². The molecule has 1 aliphatic rings. The van der Waals surface area contributed by atoms with E-state index in [1.165, 1.54) is 6.92 Å². The lowest BCUT2D eigenvalue weighted by Crippen LogP contribution is -2.40. The maximum Gasteiger partial charge on any atom is 0.378 e. The predicted octanol–water partition coefficient (Wildman–Crippen LogP) is 2.19. The molecule has 1 rings (SSSR count). The van der Waals surface area contributed by atoms with E-state index in [9.17, 15) is 14.4 Å². The second kappa shape index (κ2) is 6.68. The molecule has 0 spiro atoms. The minimum Gasteiger partial charge on any atom is -0.454 e. The number of hydrogen-bond donors (Lipinski definition) is 0. The topological polar surface area (TPSA) is 69.7 Å². The van der Waals surface area contributed by atoms with Crippen LogP contribution in [0.3, 0.4) is 0 Å². The molecule has 0 heterocycles. The average molecular weight is 282 g/mol. The van der Waals surface area contributed by atoms with Gasteiger partial charge in [0.05, 0.1) is 0 Å². The number of esters is 2. The lowest BCUT2D eigenvalue weighted by atomic mass is 9.88. The van der Waals surface area contributed by atoms with Gasteiger partial charge < -0.3 is 9.47 Å². The van der Waals surface area contributed by atoms with Crippen LogP contribution in [0, 0.1) is 5.92 Å². The van der Waals surface area contributed by atoms with Crippen molar-refractivity contribution in [3.63, 3.8) is 0 Å². The molecular weight excluding hydrogens is 260 g/mol. The Balaban J connectivity index is 2.55. The summed E-state index contributed by atoms with van der Waals surface area (Å²) in [5.74, 6) is -2.30. The lowest BCUT2D eigenvalue weighted by molar-refractivity contribution is -0.172. The molecule has 0 atom stereocenters. The van der Waals surface area contributed by atoms with Crippen LogP contribution in [0.15, 0.2) is 12.2 Å². The summed E-state index contributed by atoms with van der Waals surface area (Å²) in [6, 6.07) is 0. The van der Waals surface area contributed by atoms with Crippen LogP contribution in [0.5, 0.6) is 0 Å². The summed E-state index contributed by atoms with van der Waals surface area (Å²) in [5.41, 5.74) is -0.369. The zero-order valence-corrected chi connectivity index (χ0v) is 12.4. The SMILES string of the molecule is C=C(C)C(=O)OCC(=O)C(=O)OC1(C(C)C)CCCC1. The van der Waals surface area contributed by atoms with E-state index < -0.39 is 29.9 Å². The number of hydrogen-bond acceptors (Lipinski definition) is 5. The smallest absolute Gasteiger partial charge is 0.378 e. The first-order chi connectivity index (χ1) is 9.28. The van der Waals surface area contributed by atoms with Crippen LogP contribution in [0.4, 0.5) is 0 Å². The zero-order valence-electron chi connectivity index (χ0n) is 12.4. The fourth-order valence-corrected chi connectivity index (χ4v) is 2.33. The monoisotopic (exact) mass is 282 g/mol. The normalized spacial score (nSPS) is 16.8. The molecule has 20 heavy (non-hydrogen) atoms. The minimum atomic E-state index is -0.921. The van der Waals surface area contributed by atoms with E-state index in [1.54, 1.807) is 0 Å². The van der Waals surface area contributed by atoms with E-state index >= 15 is 0 Å². The zero-order chi connectivity index (χ0) is 15.3. The van der Waals surface area contributed by atoms with Gasteiger partial charge in [-0.05, 0) is 38.5 Å². The van der Waals surface area contributed by atoms with Crippen LogP contribution in [-0.2, 0) is 23.9 Å². The van der Waals surface area contributed by atoms with E-state index in [0.717, 1.165) is 25.7 Å². The van der Waals surface area contributed by atoms with Crippen molar-refractivity contribution in [3.8, 4) is 0 Å². The highest BCUT2D eigenvalue weighted by Crippen LogP contribution is 2.39. The Labute approximate surface area is 119 Å². The first-order valence-corrected chi connectivity index (χ1v) is 6.87. The average Bonchev–Trinajstić information content (AvgIpc) is 2.84. The third-order valence-electron chi connectivity index (χ3n) is 3.71. The molecule has 1 saturated carbocycles. The Morgan fingerprint density at radius 2 is 1.70 bits per heavy atom. The largest absolute Gasteiger partial charge is 0.454 e. The first-order valence-electron chi connectivity index (χ1n) is 6.87. The Hall–Kier alpha value is -1.65. The van der Waals surface area contributed by atoms with E-state index in [-0.39, 0.29) is 11.5 Å². The summed E-state index contributed by atoms with van der Waals surface area (Å²) in [7, 11) is 0. The molecule has 112 valence electrons. The van der Waals surface area contributed by atoms with Crippen LogP contribution >= 0.6 is 0 Å². The summed E-state index contributed by atoms with van der Waals surface area (Å²) in [6.45, 7) is 8.22. The van der Waals surface area contributed by atoms with Gasteiger partial charge in [-0.3, -0.25) is 4.79 Å². The highest BCUT2D eigenvalue weighted by molar-refractivity contribution is 6.34. The fraction of sp³-hybridized carbons (Fsp3) is 0.667. The van der Waals surface area contributed by atoms with Gasteiger partial charge in [0.1, 0.15) is 5.60 Å². The van der Waals surface area contributed by atoms with Crippen molar-refractivity contribution in [3.05, 3.63) is 12.2 Å². The summed E-state index contributed by atoms with van der Waals surface area (Å²) in [6.07, 6.45) is 3.53. The van der Waals surface area contributed by atoms with Crippen LogP contribution in [0.25, 0.3) is 0 Å². The van der Waals surface area contributed by atoms with Crippen molar-refractivity contribution < 1.29 is 23.9 Å². The van der Waals surface area contributed by atoms with Crippen LogP contribution in [0.2, 0.25) is 0 Å². The molecule has 0 aromatic rings. The van der Waals surface area contributed by atoms with Crippen molar-refractivity contribution in [2.75, 3.05) is 6.61 Å². The number of rotatable bonds is 6. The molecule has 1 aliphatic carbocycles. The number of carbonyl (C=O) groups is 3. The molecule has 1 fully saturated rings. The second-order valence-electron chi connectivity index (χ2n) is 5.60. The number of ether oxygens (including phenoxy) is 2. The van der Waals surface area contributed by atoms with Crippen LogP contribution in [-0.4, -0.2) is 29.9 Å². The first kappa shape index (κ1) is 16.4. The van der Waals surface area contributed by atoms with Gasteiger partial charge in [-0.15, -0.1) is 0 Å². The standard InChI is InChI=1S/C15H22O5/c1-10(2)13(17)19-9-12(16)14(18)20-15(11(3)4)7-5-6-8-15/h11H,1,5-9H2,2-4H3. The maximum atomic E-state index is 11.8. The molecule has 0 aromatic heterocycles. The highest BCUT2D eigenvalue weighted by atomic mass is 16.6. The molecule has 0 aliphatic heterocycles. The second-order valence-corrected chi connectivity index (χ2v) is 5.60. The van der Waals surface area contributed by atoms with Crippen LogP contribution in [0.1, 0.15) is 46.5 Å². The number of ketones is 1. The maximum absolute atomic E-state index is 11.8. The van der Waals surface area contributed by atoms with E-state index in [0.29, 0.717) is 0 Å².